The molecule has 4 heteroatoms. The van der Waals surface area contributed by atoms with Gasteiger partial charge in [-0.2, -0.15) is 0 Å². The molecule has 0 aliphatic carbocycles. The molecule has 0 radical (unpaired) electrons. The molecule has 0 aliphatic heterocycles. The highest BCUT2D eigenvalue weighted by molar-refractivity contribution is 7.99. The normalized spacial score (nSPS) is 10.4. The second kappa shape index (κ2) is 5.09. The number of aromatic nitrogens is 1. The van der Waals surface area contributed by atoms with E-state index in [2.05, 4.69) is 11.1 Å². The van der Waals surface area contributed by atoms with E-state index < -0.39 is 0 Å². The fourth-order valence-corrected chi connectivity index (χ4v) is 2.70. The third kappa shape index (κ3) is 2.70. The summed E-state index contributed by atoms with van der Waals surface area (Å²) < 4.78 is 0. The van der Waals surface area contributed by atoms with Crippen molar-refractivity contribution in [2.75, 3.05) is 0 Å². The van der Waals surface area contributed by atoms with Gasteiger partial charge in [0.1, 0.15) is 0 Å². The zero-order valence-electron chi connectivity index (χ0n) is 8.58. The third-order valence-electron chi connectivity index (χ3n) is 1.99. The van der Waals surface area contributed by atoms with Gasteiger partial charge in [-0.3, -0.25) is 4.98 Å². The molecule has 1 aromatic carbocycles. The monoisotopic (exact) mass is 269 g/mol. The highest BCUT2D eigenvalue weighted by Crippen LogP contribution is 2.36. The molecule has 0 amide bonds. The van der Waals surface area contributed by atoms with Crippen molar-refractivity contribution in [2.45, 2.75) is 16.7 Å². The summed E-state index contributed by atoms with van der Waals surface area (Å²) in [5, 5.41) is 1.17. The molecule has 1 heterocycles. The Morgan fingerprint density at radius 3 is 2.75 bits per heavy atom. The second-order valence-corrected chi connectivity index (χ2v) is 5.25. The van der Waals surface area contributed by atoms with Gasteiger partial charge in [0, 0.05) is 22.2 Å². The summed E-state index contributed by atoms with van der Waals surface area (Å²) in [6, 6.07) is 7.68. The minimum Gasteiger partial charge on any atom is -0.263 e. The fraction of sp³-hybridized carbons (Fsp3) is 0.0833. The lowest BCUT2D eigenvalue weighted by atomic mass is 10.3. The minimum atomic E-state index is 0.576. The third-order valence-corrected chi connectivity index (χ3v) is 3.94. The van der Waals surface area contributed by atoms with Gasteiger partial charge >= 0.3 is 0 Å². The zero-order valence-corrected chi connectivity index (χ0v) is 10.9. The summed E-state index contributed by atoms with van der Waals surface area (Å²) in [6.07, 6.45) is 3.64. The molecule has 2 aromatic rings. The molecule has 1 aromatic heterocycles. The van der Waals surface area contributed by atoms with Crippen LogP contribution in [0, 0.1) is 6.92 Å². The number of pyridine rings is 1. The van der Waals surface area contributed by atoms with Crippen LogP contribution >= 0.6 is 35.0 Å². The summed E-state index contributed by atoms with van der Waals surface area (Å²) in [4.78, 5) is 6.14. The van der Waals surface area contributed by atoms with Crippen LogP contribution in [0.15, 0.2) is 46.5 Å². The van der Waals surface area contributed by atoms with E-state index in [9.17, 15) is 0 Å². The van der Waals surface area contributed by atoms with E-state index >= 15 is 0 Å². The number of rotatable bonds is 2. The maximum Gasteiger partial charge on any atom is 0.0731 e. The van der Waals surface area contributed by atoms with Crippen molar-refractivity contribution in [3.05, 3.63) is 52.3 Å². The highest BCUT2D eigenvalue weighted by atomic mass is 35.5. The summed E-state index contributed by atoms with van der Waals surface area (Å²) in [7, 11) is 0. The fourth-order valence-electron chi connectivity index (χ4n) is 1.27. The molecule has 0 saturated heterocycles. The lowest BCUT2D eigenvalue weighted by molar-refractivity contribution is 1.19. The number of nitrogens with zero attached hydrogens (tertiary/aromatic N) is 1. The van der Waals surface area contributed by atoms with Gasteiger partial charge in [-0.05, 0) is 30.7 Å². The number of hydrogen-bond donors (Lipinski definition) is 0. The Bertz CT molecular complexity index is 514. The molecule has 1 nitrogen and oxygen atoms in total. The van der Waals surface area contributed by atoms with Crippen molar-refractivity contribution < 1.29 is 0 Å². The van der Waals surface area contributed by atoms with Crippen molar-refractivity contribution in [3.63, 3.8) is 0 Å². The number of aryl methyl sites for hydroxylation is 1. The van der Waals surface area contributed by atoms with Crippen LogP contribution in [-0.2, 0) is 0 Å². The van der Waals surface area contributed by atoms with Crippen LogP contribution in [0.4, 0.5) is 0 Å². The maximum atomic E-state index is 6.11. The quantitative estimate of drug-likeness (QED) is 0.773. The Morgan fingerprint density at radius 2 is 2.00 bits per heavy atom. The van der Waals surface area contributed by atoms with Crippen LogP contribution in [0.2, 0.25) is 10.0 Å². The van der Waals surface area contributed by atoms with Crippen molar-refractivity contribution in [1.82, 2.24) is 4.98 Å². The lowest BCUT2D eigenvalue weighted by Gasteiger charge is -2.05. The zero-order chi connectivity index (χ0) is 11.5. The minimum absolute atomic E-state index is 0.576. The van der Waals surface area contributed by atoms with Crippen LogP contribution in [0.3, 0.4) is 0 Å². The number of benzene rings is 1. The molecule has 0 spiro atoms. The van der Waals surface area contributed by atoms with Crippen LogP contribution in [0.1, 0.15) is 5.56 Å². The SMILES string of the molecule is Cc1cncc(Sc2cccc(Cl)c2Cl)c1. The topological polar surface area (TPSA) is 12.9 Å². The molecule has 2 rings (SSSR count). The van der Waals surface area contributed by atoms with E-state index in [0.717, 1.165) is 15.4 Å². The Kier molecular flexibility index (Phi) is 3.74. The van der Waals surface area contributed by atoms with Crippen molar-refractivity contribution in [1.29, 1.82) is 0 Å². The van der Waals surface area contributed by atoms with Crippen LogP contribution in [0.25, 0.3) is 0 Å². The van der Waals surface area contributed by atoms with Gasteiger partial charge in [-0.1, -0.05) is 41.0 Å². The predicted molar refractivity (Wildman–Crippen MR) is 69.6 cm³/mol. The smallest absolute Gasteiger partial charge is 0.0731 e. The van der Waals surface area contributed by atoms with Gasteiger partial charge in [0.05, 0.1) is 10.0 Å². The van der Waals surface area contributed by atoms with Gasteiger partial charge in [-0.15, -0.1) is 0 Å². The van der Waals surface area contributed by atoms with E-state index in [1.165, 1.54) is 0 Å². The summed E-state index contributed by atoms with van der Waals surface area (Å²) in [6.45, 7) is 2.01. The molecule has 0 bridgehead atoms. The molecule has 82 valence electrons. The predicted octanol–water partition coefficient (Wildman–Crippen LogP) is 4.85. The Morgan fingerprint density at radius 1 is 1.19 bits per heavy atom. The van der Waals surface area contributed by atoms with E-state index in [-0.39, 0.29) is 0 Å². The van der Waals surface area contributed by atoms with Gasteiger partial charge in [0.25, 0.3) is 0 Å². The maximum absolute atomic E-state index is 6.11. The van der Waals surface area contributed by atoms with Gasteiger partial charge in [-0.25, -0.2) is 0 Å². The van der Waals surface area contributed by atoms with E-state index in [0.29, 0.717) is 10.0 Å². The first-order chi connectivity index (χ1) is 7.66. The first kappa shape index (κ1) is 11.8. The molecule has 16 heavy (non-hydrogen) atoms. The van der Waals surface area contributed by atoms with Crippen LogP contribution < -0.4 is 0 Å². The standard InChI is InChI=1S/C12H9Cl2NS/c1-8-5-9(7-15-6-8)16-11-4-2-3-10(13)12(11)14/h2-7H,1H3. The average Bonchev–Trinajstić information content (AvgIpc) is 2.25. The second-order valence-electron chi connectivity index (χ2n) is 3.35. The highest BCUT2D eigenvalue weighted by Gasteiger charge is 2.06. The van der Waals surface area contributed by atoms with Gasteiger partial charge < -0.3 is 0 Å². The molecule has 0 unspecified atom stereocenters. The Balaban J connectivity index is 2.31. The Hall–Kier alpha value is -0.700. The van der Waals surface area contributed by atoms with Crippen molar-refractivity contribution in [3.8, 4) is 0 Å². The first-order valence-electron chi connectivity index (χ1n) is 4.70. The molecule has 0 aliphatic rings. The molecular weight excluding hydrogens is 261 g/mol. The Labute approximate surface area is 109 Å². The van der Waals surface area contributed by atoms with Crippen LogP contribution in [0.5, 0.6) is 0 Å². The van der Waals surface area contributed by atoms with Crippen molar-refractivity contribution >= 4 is 35.0 Å². The largest absolute Gasteiger partial charge is 0.263 e. The lowest BCUT2D eigenvalue weighted by Crippen LogP contribution is -1.80. The van der Waals surface area contributed by atoms with Gasteiger partial charge in [0.2, 0.25) is 0 Å². The first-order valence-corrected chi connectivity index (χ1v) is 6.27. The number of halogens is 2. The average molecular weight is 270 g/mol. The van der Waals surface area contributed by atoms with Crippen LogP contribution in [-0.4, -0.2) is 4.98 Å². The molecular formula is C12H9Cl2NS. The van der Waals surface area contributed by atoms with E-state index in [4.69, 9.17) is 23.2 Å². The molecule has 0 saturated carbocycles. The molecule has 0 N–H and O–H groups in total. The summed E-state index contributed by atoms with van der Waals surface area (Å²) in [5.74, 6) is 0. The van der Waals surface area contributed by atoms with Crippen molar-refractivity contribution in [2.24, 2.45) is 0 Å². The molecule has 0 atom stereocenters. The summed E-state index contributed by atoms with van der Waals surface area (Å²) in [5.41, 5.74) is 1.13. The number of hydrogen-bond acceptors (Lipinski definition) is 2. The van der Waals surface area contributed by atoms with Gasteiger partial charge in [0.15, 0.2) is 0 Å². The van der Waals surface area contributed by atoms with E-state index in [1.807, 2.05) is 31.5 Å². The molecule has 0 fully saturated rings. The summed E-state index contributed by atoms with van der Waals surface area (Å²) >= 11 is 13.6. The van der Waals surface area contributed by atoms with E-state index in [1.54, 1.807) is 17.8 Å².